The zero-order valence-electron chi connectivity index (χ0n) is 12.9. The highest BCUT2D eigenvalue weighted by Crippen LogP contribution is 2.23. The number of imidazole rings is 1. The molecule has 8 heteroatoms. The molecule has 0 aliphatic heterocycles. The lowest BCUT2D eigenvalue weighted by Gasteiger charge is -2.06. The van der Waals surface area contributed by atoms with Crippen molar-refractivity contribution in [2.24, 2.45) is 0 Å². The fourth-order valence-electron chi connectivity index (χ4n) is 2.74. The van der Waals surface area contributed by atoms with Gasteiger partial charge in [0, 0.05) is 36.7 Å². The molecule has 4 heterocycles. The molecule has 0 aliphatic carbocycles. The molecule has 4 aromatic heterocycles. The monoisotopic (exact) mass is 308 g/mol. The fraction of sp³-hybridized carbons (Fsp3) is 0.267. The van der Waals surface area contributed by atoms with Crippen LogP contribution in [-0.4, -0.2) is 39.6 Å². The number of H-pyrrole nitrogens is 1. The standard InChI is InChI=1S/C15H16N8/c1-10-7-11(2)23-15(19-10)13(9-18-23)14-16-4-6-22(14)5-3-12-8-17-21-20-12/h4,6-9H,3,5H2,1-2H3,(H,17,20,21). The summed E-state index contributed by atoms with van der Waals surface area (Å²) in [5.74, 6) is 0.862. The van der Waals surface area contributed by atoms with Crippen molar-refractivity contribution in [3.8, 4) is 11.4 Å². The zero-order valence-corrected chi connectivity index (χ0v) is 12.9. The Balaban J connectivity index is 1.73. The predicted octanol–water partition coefficient (Wildman–Crippen LogP) is 1.57. The van der Waals surface area contributed by atoms with E-state index in [0.717, 1.165) is 47.1 Å². The molecular weight excluding hydrogens is 292 g/mol. The van der Waals surface area contributed by atoms with E-state index >= 15 is 0 Å². The van der Waals surface area contributed by atoms with Crippen LogP contribution in [-0.2, 0) is 13.0 Å². The lowest BCUT2D eigenvalue weighted by Crippen LogP contribution is -2.03. The molecule has 0 fully saturated rings. The van der Waals surface area contributed by atoms with Gasteiger partial charge >= 0.3 is 0 Å². The third kappa shape index (κ3) is 2.37. The fourth-order valence-corrected chi connectivity index (χ4v) is 2.74. The van der Waals surface area contributed by atoms with E-state index < -0.39 is 0 Å². The summed E-state index contributed by atoms with van der Waals surface area (Å²) >= 11 is 0. The van der Waals surface area contributed by atoms with Crippen molar-refractivity contribution in [1.29, 1.82) is 0 Å². The third-order valence-corrected chi connectivity index (χ3v) is 3.81. The quantitative estimate of drug-likeness (QED) is 0.618. The number of rotatable bonds is 4. The Morgan fingerprint density at radius 2 is 2.13 bits per heavy atom. The minimum Gasteiger partial charge on any atom is -0.330 e. The Kier molecular flexibility index (Phi) is 3.14. The molecule has 4 aromatic rings. The van der Waals surface area contributed by atoms with Crippen LogP contribution in [0.25, 0.3) is 17.0 Å². The van der Waals surface area contributed by atoms with Crippen LogP contribution in [0.15, 0.2) is 30.9 Å². The van der Waals surface area contributed by atoms with Crippen molar-refractivity contribution >= 4 is 5.65 Å². The second-order valence-electron chi connectivity index (χ2n) is 5.49. The van der Waals surface area contributed by atoms with Gasteiger partial charge in [0.2, 0.25) is 0 Å². The first kappa shape index (κ1) is 13.6. The van der Waals surface area contributed by atoms with E-state index in [-0.39, 0.29) is 0 Å². The Hall–Kier alpha value is -3.03. The molecule has 0 bridgehead atoms. The average Bonchev–Trinajstić information content (AvgIpc) is 3.25. The van der Waals surface area contributed by atoms with Gasteiger partial charge in [0.15, 0.2) is 5.65 Å². The smallest absolute Gasteiger partial charge is 0.166 e. The first-order valence-corrected chi connectivity index (χ1v) is 7.40. The maximum atomic E-state index is 4.62. The van der Waals surface area contributed by atoms with Gasteiger partial charge in [-0.15, -0.1) is 0 Å². The van der Waals surface area contributed by atoms with Crippen LogP contribution in [0.3, 0.4) is 0 Å². The topological polar surface area (TPSA) is 89.6 Å². The van der Waals surface area contributed by atoms with Crippen LogP contribution < -0.4 is 0 Å². The van der Waals surface area contributed by atoms with E-state index in [0.29, 0.717) is 0 Å². The van der Waals surface area contributed by atoms with Crippen LogP contribution in [0.1, 0.15) is 17.1 Å². The molecular formula is C15H16N8. The van der Waals surface area contributed by atoms with Gasteiger partial charge in [-0.25, -0.2) is 14.5 Å². The van der Waals surface area contributed by atoms with Gasteiger partial charge in [-0.05, 0) is 19.9 Å². The second-order valence-corrected chi connectivity index (χ2v) is 5.49. The molecule has 0 unspecified atom stereocenters. The number of fused-ring (bicyclic) bond motifs is 1. The summed E-state index contributed by atoms with van der Waals surface area (Å²) in [6, 6.07) is 2.01. The van der Waals surface area contributed by atoms with E-state index in [2.05, 4.69) is 35.0 Å². The summed E-state index contributed by atoms with van der Waals surface area (Å²) in [4.78, 5) is 9.12. The highest BCUT2D eigenvalue weighted by molar-refractivity contribution is 5.72. The van der Waals surface area contributed by atoms with Crippen molar-refractivity contribution in [2.75, 3.05) is 0 Å². The van der Waals surface area contributed by atoms with Crippen molar-refractivity contribution in [2.45, 2.75) is 26.8 Å². The number of hydrogen-bond donors (Lipinski definition) is 1. The molecule has 0 atom stereocenters. The molecule has 1 N–H and O–H groups in total. The third-order valence-electron chi connectivity index (χ3n) is 3.81. The first-order valence-electron chi connectivity index (χ1n) is 7.40. The molecule has 23 heavy (non-hydrogen) atoms. The molecule has 4 rings (SSSR count). The summed E-state index contributed by atoms with van der Waals surface area (Å²) in [6.45, 7) is 4.78. The minimum atomic E-state index is 0.768. The minimum absolute atomic E-state index is 0.768. The SMILES string of the molecule is Cc1cc(C)n2ncc(-c3nccn3CCc3cn[nH]n3)c2n1. The van der Waals surface area contributed by atoms with Gasteiger partial charge in [-0.1, -0.05) is 0 Å². The molecule has 0 amide bonds. The highest BCUT2D eigenvalue weighted by Gasteiger charge is 2.15. The lowest BCUT2D eigenvalue weighted by atomic mass is 10.2. The number of nitrogens with one attached hydrogen (secondary N) is 1. The van der Waals surface area contributed by atoms with Crippen molar-refractivity contribution in [1.82, 2.24) is 39.6 Å². The molecule has 0 aromatic carbocycles. The molecule has 0 aliphatic rings. The average molecular weight is 308 g/mol. The number of nitrogens with zero attached hydrogens (tertiary/aromatic N) is 7. The molecule has 0 saturated heterocycles. The Morgan fingerprint density at radius 1 is 1.22 bits per heavy atom. The summed E-state index contributed by atoms with van der Waals surface area (Å²) in [5.41, 5.74) is 4.71. The summed E-state index contributed by atoms with van der Waals surface area (Å²) in [7, 11) is 0. The maximum absolute atomic E-state index is 4.62. The van der Waals surface area contributed by atoms with E-state index in [1.807, 2.05) is 36.8 Å². The van der Waals surface area contributed by atoms with E-state index in [1.54, 1.807) is 12.4 Å². The van der Waals surface area contributed by atoms with E-state index in [1.165, 1.54) is 0 Å². The zero-order chi connectivity index (χ0) is 15.8. The van der Waals surface area contributed by atoms with Crippen LogP contribution in [0.4, 0.5) is 0 Å². The Bertz CT molecular complexity index is 947. The molecule has 8 nitrogen and oxygen atoms in total. The van der Waals surface area contributed by atoms with Gasteiger partial charge in [-0.3, -0.25) is 0 Å². The summed E-state index contributed by atoms with van der Waals surface area (Å²) < 4.78 is 3.93. The van der Waals surface area contributed by atoms with Crippen molar-refractivity contribution in [3.05, 3.63) is 47.9 Å². The Labute approximate surface area is 132 Å². The van der Waals surface area contributed by atoms with E-state index in [9.17, 15) is 0 Å². The van der Waals surface area contributed by atoms with E-state index in [4.69, 9.17) is 0 Å². The van der Waals surface area contributed by atoms with Gasteiger partial charge in [0.05, 0.1) is 23.7 Å². The lowest BCUT2D eigenvalue weighted by molar-refractivity contribution is 0.690. The van der Waals surface area contributed by atoms with Gasteiger partial charge in [0.1, 0.15) is 5.82 Å². The normalized spacial score (nSPS) is 11.4. The van der Waals surface area contributed by atoms with Gasteiger partial charge in [-0.2, -0.15) is 20.5 Å². The summed E-state index contributed by atoms with van der Waals surface area (Å²) in [6.07, 6.45) is 8.10. The van der Waals surface area contributed by atoms with Crippen LogP contribution in [0, 0.1) is 13.8 Å². The first-order chi connectivity index (χ1) is 11.2. The second kappa shape index (κ2) is 5.31. The van der Waals surface area contributed by atoms with Crippen LogP contribution in [0.2, 0.25) is 0 Å². The predicted molar refractivity (Wildman–Crippen MR) is 83.8 cm³/mol. The van der Waals surface area contributed by atoms with Crippen LogP contribution in [0.5, 0.6) is 0 Å². The highest BCUT2D eigenvalue weighted by atomic mass is 15.3. The number of hydrogen-bond acceptors (Lipinski definition) is 5. The van der Waals surface area contributed by atoms with Gasteiger partial charge < -0.3 is 4.57 Å². The largest absolute Gasteiger partial charge is 0.330 e. The Morgan fingerprint density at radius 3 is 2.96 bits per heavy atom. The molecule has 116 valence electrons. The van der Waals surface area contributed by atoms with Crippen molar-refractivity contribution < 1.29 is 0 Å². The van der Waals surface area contributed by atoms with Gasteiger partial charge in [0.25, 0.3) is 0 Å². The summed E-state index contributed by atoms with van der Waals surface area (Å²) in [5, 5.41) is 15.0. The number of aryl methyl sites for hydroxylation is 4. The van der Waals surface area contributed by atoms with Crippen LogP contribution >= 0.6 is 0 Å². The molecule has 0 radical (unpaired) electrons. The number of aromatic nitrogens is 8. The molecule has 0 saturated carbocycles. The molecule has 0 spiro atoms. The maximum Gasteiger partial charge on any atom is 0.166 e. The number of aromatic amines is 1. The van der Waals surface area contributed by atoms with Crippen molar-refractivity contribution in [3.63, 3.8) is 0 Å².